The Labute approximate surface area is 151 Å². The Balaban J connectivity index is 2.20. The molecule has 0 fully saturated rings. The molecule has 25 heavy (non-hydrogen) atoms. The van der Waals surface area contributed by atoms with Gasteiger partial charge in [0, 0.05) is 17.3 Å². The molecule has 1 atom stereocenters. The van der Waals surface area contributed by atoms with Crippen LogP contribution in [0, 0.1) is 22.7 Å². The minimum absolute atomic E-state index is 0.241. The number of anilines is 2. The van der Waals surface area contributed by atoms with Crippen LogP contribution >= 0.6 is 23.4 Å². The monoisotopic (exact) mass is 390 g/mol. The van der Waals surface area contributed by atoms with Crippen LogP contribution in [0.5, 0.6) is 0 Å². The predicted molar refractivity (Wildman–Crippen MR) is 89.6 cm³/mol. The molecule has 0 radical (unpaired) electrons. The fraction of sp³-hybridized carbons (Fsp3) is 0.250. The quantitative estimate of drug-likeness (QED) is 0.349. The summed E-state index contributed by atoms with van der Waals surface area (Å²) in [5.74, 6) is -3.89. The molecule has 9 heteroatoms. The Morgan fingerprint density at radius 2 is 1.84 bits per heavy atom. The topological polar surface area (TPSA) is 51.0 Å². The number of benzene rings is 2. The summed E-state index contributed by atoms with van der Waals surface area (Å²) in [7, 11) is 0. The zero-order chi connectivity index (χ0) is 18.1. The average molecular weight is 391 g/mol. The fourth-order valence-corrected chi connectivity index (χ4v) is 4.06. The minimum atomic E-state index is -1.85. The van der Waals surface area contributed by atoms with Crippen molar-refractivity contribution in [2.45, 2.75) is 22.6 Å². The maximum atomic E-state index is 14.8. The standard InChI is InChI=1S/C16H14ClF3N2O2S/c17-7-3-4-8-21-9-5-1-2-6-10(9)25-16-12(19)11(18)14(22(23)24)13(20)15(16)21/h1-2,5-6,22-23H,3-4,7-8H2. The predicted octanol–water partition coefficient (Wildman–Crippen LogP) is 4.13. The van der Waals surface area contributed by atoms with Gasteiger partial charge in [0.15, 0.2) is 5.82 Å². The van der Waals surface area contributed by atoms with Crippen LogP contribution in [0.25, 0.3) is 0 Å². The number of halogens is 4. The second-order valence-electron chi connectivity index (χ2n) is 5.42. The summed E-state index contributed by atoms with van der Waals surface area (Å²) >= 11 is 6.56. The number of alkyl halides is 1. The zero-order valence-corrected chi connectivity index (χ0v) is 14.4. The highest BCUT2D eigenvalue weighted by Crippen LogP contribution is 2.51. The van der Waals surface area contributed by atoms with Gasteiger partial charge in [-0.3, -0.25) is 0 Å². The number of fused-ring (bicyclic) bond motifs is 2. The van der Waals surface area contributed by atoms with E-state index in [1.165, 1.54) is 4.90 Å². The van der Waals surface area contributed by atoms with E-state index in [1.807, 2.05) is 0 Å². The molecule has 0 aliphatic carbocycles. The summed E-state index contributed by atoms with van der Waals surface area (Å²) in [4.78, 5) is 1.89. The van der Waals surface area contributed by atoms with Gasteiger partial charge in [-0.2, -0.15) is 14.0 Å². The summed E-state index contributed by atoms with van der Waals surface area (Å²) in [6.07, 6.45) is 1.24. The normalized spacial score (nSPS) is 14.2. The molecule has 134 valence electrons. The van der Waals surface area contributed by atoms with Gasteiger partial charge in [-0.1, -0.05) is 23.9 Å². The number of unbranched alkanes of at least 4 members (excludes halogenated alkanes) is 1. The van der Waals surface area contributed by atoms with E-state index in [1.54, 1.807) is 24.3 Å². The van der Waals surface area contributed by atoms with Crippen LogP contribution in [0.1, 0.15) is 12.8 Å². The molecule has 2 aromatic rings. The Bertz CT molecular complexity index is 807. The molecule has 0 aromatic heterocycles. The van der Waals surface area contributed by atoms with Crippen LogP contribution in [0.4, 0.5) is 30.2 Å². The lowest BCUT2D eigenvalue weighted by Crippen LogP contribution is -2.99. The van der Waals surface area contributed by atoms with Gasteiger partial charge in [-0.25, -0.2) is 9.60 Å². The van der Waals surface area contributed by atoms with E-state index < -0.39 is 28.4 Å². The van der Waals surface area contributed by atoms with E-state index in [0.717, 1.165) is 11.8 Å². The zero-order valence-electron chi connectivity index (χ0n) is 12.9. The lowest BCUT2D eigenvalue weighted by molar-refractivity contribution is -0.993. The van der Waals surface area contributed by atoms with Crippen molar-refractivity contribution < 1.29 is 23.6 Å². The molecule has 3 rings (SSSR count). The lowest BCUT2D eigenvalue weighted by Gasteiger charge is -2.34. The van der Waals surface area contributed by atoms with Crippen LogP contribution in [0.3, 0.4) is 0 Å². The molecule has 2 aromatic carbocycles. The van der Waals surface area contributed by atoms with Gasteiger partial charge in [-0.15, -0.1) is 11.6 Å². The highest BCUT2D eigenvalue weighted by atomic mass is 35.5. The third-order valence-electron chi connectivity index (χ3n) is 3.87. The first-order valence-electron chi connectivity index (χ1n) is 7.51. The first-order chi connectivity index (χ1) is 12.0. The van der Waals surface area contributed by atoms with Crippen molar-refractivity contribution in [3.63, 3.8) is 0 Å². The number of rotatable bonds is 5. The van der Waals surface area contributed by atoms with Crippen molar-refractivity contribution in [3.05, 3.63) is 46.9 Å². The van der Waals surface area contributed by atoms with E-state index in [2.05, 4.69) is 0 Å². The molecule has 0 saturated heterocycles. The molecule has 1 unspecified atom stereocenters. The highest BCUT2D eigenvalue weighted by molar-refractivity contribution is 7.99. The molecule has 0 bridgehead atoms. The largest absolute Gasteiger partial charge is 0.595 e. The molecule has 1 aliphatic heterocycles. The maximum Gasteiger partial charge on any atom is 0.241 e. The van der Waals surface area contributed by atoms with Gasteiger partial charge >= 0.3 is 0 Å². The Kier molecular flexibility index (Phi) is 5.45. The van der Waals surface area contributed by atoms with E-state index in [4.69, 9.17) is 16.8 Å². The van der Waals surface area contributed by atoms with Crippen LogP contribution in [0.15, 0.2) is 34.1 Å². The average Bonchev–Trinajstić information content (AvgIpc) is 2.59. The number of nitrogens with one attached hydrogen (secondary N) is 1. The maximum absolute atomic E-state index is 14.8. The Morgan fingerprint density at radius 3 is 2.52 bits per heavy atom. The molecule has 0 saturated carbocycles. The summed E-state index contributed by atoms with van der Waals surface area (Å²) in [6.45, 7) is 0.304. The van der Waals surface area contributed by atoms with Crippen molar-refractivity contribution >= 4 is 40.4 Å². The van der Waals surface area contributed by atoms with Crippen molar-refractivity contribution in [3.8, 4) is 0 Å². The first kappa shape index (κ1) is 18.3. The van der Waals surface area contributed by atoms with Crippen LogP contribution in [-0.2, 0) is 0 Å². The van der Waals surface area contributed by atoms with Crippen molar-refractivity contribution in [2.75, 3.05) is 17.3 Å². The second kappa shape index (κ2) is 7.43. The molecular weight excluding hydrogens is 377 g/mol. The molecule has 0 spiro atoms. The molecule has 2 N–H and O–H groups in total. The summed E-state index contributed by atoms with van der Waals surface area (Å²) in [5.41, 5.74) is -0.899. The summed E-state index contributed by atoms with van der Waals surface area (Å²) in [5, 5.41) is 18.4. The smallest absolute Gasteiger partial charge is 0.241 e. The third kappa shape index (κ3) is 3.20. The number of quaternary nitrogens is 1. The van der Waals surface area contributed by atoms with Gasteiger partial charge in [-0.05, 0) is 25.0 Å². The molecule has 1 heterocycles. The Morgan fingerprint density at radius 1 is 1.12 bits per heavy atom. The Hall–Kier alpha value is -1.45. The molecular formula is C16H14ClF3N2O2S. The van der Waals surface area contributed by atoms with Gasteiger partial charge in [0.2, 0.25) is 17.3 Å². The van der Waals surface area contributed by atoms with Crippen molar-refractivity contribution in [2.24, 2.45) is 0 Å². The third-order valence-corrected chi connectivity index (χ3v) is 5.28. The molecule has 4 nitrogen and oxygen atoms in total. The van der Waals surface area contributed by atoms with E-state index in [-0.39, 0.29) is 10.6 Å². The minimum Gasteiger partial charge on any atom is -0.595 e. The van der Waals surface area contributed by atoms with Crippen LogP contribution in [-0.4, -0.2) is 17.6 Å². The van der Waals surface area contributed by atoms with Crippen LogP contribution < -0.4 is 10.1 Å². The molecule has 1 aliphatic rings. The van der Waals surface area contributed by atoms with E-state index in [0.29, 0.717) is 35.8 Å². The number of para-hydroxylation sites is 1. The van der Waals surface area contributed by atoms with Crippen molar-refractivity contribution in [1.82, 2.24) is 0 Å². The first-order valence-corrected chi connectivity index (χ1v) is 8.86. The number of hydrogen-bond donors (Lipinski definition) is 2. The second-order valence-corrected chi connectivity index (χ2v) is 6.85. The van der Waals surface area contributed by atoms with Gasteiger partial charge in [0.05, 0.1) is 10.6 Å². The van der Waals surface area contributed by atoms with E-state index >= 15 is 0 Å². The summed E-state index contributed by atoms with van der Waals surface area (Å²) in [6, 6.07) is 6.93. The number of hydrogen-bond acceptors (Lipinski definition) is 4. The van der Waals surface area contributed by atoms with Crippen LogP contribution in [0.2, 0.25) is 0 Å². The number of nitrogens with zero attached hydrogens (tertiary/aromatic N) is 1. The van der Waals surface area contributed by atoms with Gasteiger partial charge in [0.25, 0.3) is 0 Å². The lowest BCUT2D eigenvalue weighted by atomic mass is 10.1. The van der Waals surface area contributed by atoms with E-state index in [9.17, 15) is 18.4 Å². The highest BCUT2D eigenvalue weighted by Gasteiger charge is 2.36. The van der Waals surface area contributed by atoms with Crippen molar-refractivity contribution in [1.29, 1.82) is 0 Å². The van der Waals surface area contributed by atoms with Gasteiger partial charge in [0.1, 0.15) is 5.69 Å². The summed E-state index contributed by atoms with van der Waals surface area (Å²) < 4.78 is 43.4. The van der Waals surface area contributed by atoms with Gasteiger partial charge < -0.3 is 10.1 Å². The SMILES string of the molecule is [O-][NH+](O)c1c(F)c(F)c2c(c1F)N(CCCCCl)c1ccccc1S2. The molecule has 0 amide bonds. The fourth-order valence-electron chi connectivity index (χ4n) is 2.74.